The van der Waals surface area contributed by atoms with E-state index in [1.54, 1.807) is 20.2 Å². The zero-order valence-corrected chi connectivity index (χ0v) is 21.1. The molecule has 0 amide bonds. The number of aromatic nitrogens is 3. The minimum Gasteiger partial charge on any atom is -0.497 e. The number of nitrogens with zero attached hydrogens (tertiary/aromatic N) is 4. The van der Waals surface area contributed by atoms with E-state index in [2.05, 4.69) is 27.0 Å². The van der Waals surface area contributed by atoms with Crippen LogP contribution < -0.4 is 15.6 Å². The molecule has 2 aromatic heterocycles. The third kappa shape index (κ3) is 4.62. The molecule has 5 rings (SSSR count). The predicted molar refractivity (Wildman–Crippen MR) is 154 cm³/mol. The van der Waals surface area contributed by atoms with E-state index < -0.39 is 0 Å². The van der Waals surface area contributed by atoms with Crippen molar-refractivity contribution < 1.29 is 4.74 Å². The lowest BCUT2D eigenvalue weighted by atomic mass is 10.0. The summed E-state index contributed by atoms with van der Waals surface area (Å²) in [5.41, 5.74) is 4.65. The van der Waals surface area contributed by atoms with Crippen molar-refractivity contribution in [3.63, 3.8) is 0 Å². The smallest absolute Gasteiger partial charge is 0.284 e. The Morgan fingerprint density at radius 2 is 1.58 bits per heavy atom. The molecule has 0 saturated heterocycles. The van der Waals surface area contributed by atoms with Crippen LogP contribution in [0.4, 0.5) is 5.82 Å². The molecular weight excluding hydrogens is 476 g/mol. The number of methoxy groups -OCH3 is 1. The van der Waals surface area contributed by atoms with Gasteiger partial charge in [0, 0.05) is 11.8 Å². The zero-order chi connectivity index (χ0) is 26.5. The molecule has 2 heterocycles. The molecule has 5 aromatic rings. The van der Waals surface area contributed by atoms with Crippen molar-refractivity contribution in [2.24, 2.45) is 9.98 Å². The third-order valence-electron chi connectivity index (χ3n) is 6.01. The lowest BCUT2D eigenvalue weighted by molar-refractivity contribution is 0.415. The number of fused-ring (bicyclic) bond motifs is 1. The van der Waals surface area contributed by atoms with Gasteiger partial charge in [0.1, 0.15) is 28.7 Å². The van der Waals surface area contributed by atoms with Gasteiger partial charge in [-0.05, 0) is 36.9 Å². The summed E-state index contributed by atoms with van der Waals surface area (Å²) >= 11 is 0. The first-order valence-electron chi connectivity index (χ1n) is 12.0. The quantitative estimate of drug-likeness (QED) is 0.253. The van der Waals surface area contributed by atoms with Crippen molar-refractivity contribution in [3.05, 3.63) is 107 Å². The maximum atomic E-state index is 14.1. The predicted octanol–water partition coefficient (Wildman–Crippen LogP) is 6.03. The van der Waals surface area contributed by atoms with Crippen molar-refractivity contribution in [1.29, 1.82) is 0 Å². The van der Waals surface area contributed by atoms with Gasteiger partial charge in [-0.15, -0.1) is 0 Å². The molecule has 0 atom stereocenters. The van der Waals surface area contributed by atoms with Crippen LogP contribution in [0.15, 0.2) is 112 Å². The fourth-order valence-corrected chi connectivity index (χ4v) is 4.32. The maximum absolute atomic E-state index is 14.1. The number of hydrogen-bond donors (Lipinski definition) is 2. The van der Waals surface area contributed by atoms with Crippen molar-refractivity contribution in [1.82, 2.24) is 14.6 Å². The van der Waals surface area contributed by atoms with E-state index in [1.807, 2.05) is 84.9 Å². The second-order valence-corrected chi connectivity index (χ2v) is 8.33. The third-order valence-corrected chi connectivity index (χ3v) is 6.01. The molecule has 0 aliphatic heterocycles. The monoisotopic (exact) mass is 502 g/mol. The van der Waals surface area contributed by atoms with Gasteiger partial charge in [0.15, 0.2) is 0 Å². The standard InChI is InChI=1S/C30H26N6O2/c1-4-32-24(19-31-2)33-28-26(21-15-17-23(38-3)18-16-21)30(37)36-29(34-28)25(20-11-7-5-8-12-20)27(35-36)22-13-9-6-10-14-22/h4-19,33-34H,2H2,1,3H3/b24-19+,32-4-. The average Bonchev–Trinajstić information content (AvgIpc) is 3.34. The molecule has 0 aliphatic rings. The number of H-pyrrole nitrogens is 1. The molecule has 0 unspecified atom stereocenters. The SMILES string of the molecule is C=N/C=C(\N=C/C)Nc1[nH]c2c(-c3ccccc3)c(-c3ccccc3)nn2c(=O)c1-c1ccc(OC)cc1. The Bertz CT molecular complexity index is 1700. The second-order valence-electron chi connectivity index (χ2n) is 8.33. The van der Waals surface area contributed by atoms with E-state index in [0.29, 0.717) is 39.9 Å². The molecule has 0 aliphatic carbocycles. The van der Waals surface area contributed by atoms with E-state index in [0.717, 1.165) is 16.7 Å². The highest BCUT2D eigenvalue weighted by atomic mass is 16.5. The Kier molecular flexibility index (Phi) is 6.95. The van der Waals surface area contributed by atoms with Crippen LogP contribution in [0.25, 0.3) is 39.2 Å². The summed E-state index contributed by atoms with van der Waals surface area (Å²) in [4.78, 5) is 25.8. The Labute approximate surface area is 219 Å². The lowest BCUT2D eigenvalue weighted by Crippen LogP contribution is -2.20. The highest BCUT2D eigenvalue weighted by Gasteiger charge is 2.23. The highest BCUT2D eigenvalue weighted by molar-refractivity contribution is 5.92. The Morgan fingerprint density at radius 1 is 0.947 bits per heavy atom. The van der Waals surface area contributed by atoms with Gasteiger partial charge in [0.2, 0.25) is 0 Å². The van der Waals surface area contributed by atoms with Gasteiger partial charge in [-0.1, -0.05) is 72.8 Å². The summed E-state index contributed by atoms with van der Waals surface area (Å²) in [5.74, 6) is 1.55. The number of rotatable bonds is 8. The number of anilines is 1. The van der Waals surface area contributed by atoms with Crippen LogP contribution in [0.2, 0.25) is 0 Å². The molecule has 0 fully saturated rings. The van der Waals surface area contributed by atoms with Crippen LogP contribution in [0.3, 0.4) is 0 Å². The number of hydrogen-bond acceptors (Lipinski definition) is 6. The first kappa shape index (κ1) is 24.5. The number of aliphatic imine (C=N–C) groups is 2. The molecule has 3 aromatic carbocycles. The number of ether oxygens (including phenoxy) is 1. The van der Waals surface area contributed by atoms with Crippen LogP contribution in [-0.2, 0) is 0 Å². The van der Waals surface area contributed by atoms with Gasteiger partial charge in [-0.3, -0.25) is 9.79 Å². The van der Waals surface area contributed by atoms with Crippen molar-refractivity contribution in [3.8, 4) is 39.3 Å². The van der Waals surface area contributed by atoms with Gasteiger partial charge >= 0.3 is 0 Å². The Hall–Kier alpha value is -5.24. The fraction of sp³-hybridized carbons (Fsp3) is 0.0667. The summed E-state index contributed by atoms with van der Waals surface area (Å²) in [6, 6.07) is 27.0. The molecule has 8 heteroatoms. The van der Waals surface area contributed by atoms with Crippen molar-refractivity contribution in [2.45, 2.75) is 6.92 Å². The summed E-state index contributed by atoms with van der Waals surface area (Å²) in [6.07, 6.45) is 3.12. The maximum Gasteiger partial charge on any atom is 0.284 e. The fourth-order valence-electron chi connectivity index (χ4n) is 4.32. The van der Waals surface area contributed by atoms with Crippen LogP contribution in [-0.4, -0.2) is 34.6 Å². The molecular formula is C30H26N6O2. The van der Waals surface area contributed by atoms with Gasteiger partial charge in [-0.25, -0.2) is 4.99 Å². The van der Waals surface area contributed by atoms with Crippen LogP contribution in [0, 0.1) is 0 Å². The van der Waals surface area contributed by atoms with Crippen LogP contribution in [0.5, 0.6) is 5.75 Å². The Morgan fingerprint density at radius 3 is 2.18 bits per heavy atom. The van der Waals surface area contributed by atoms with E-state index in [-0.39, 0.29) is 5.56 Å². The minimum atomic E-state index is -0.294. The van der Waals surface area contributed by atoms with Crippen molar-refractivity contribution >= 4 is 24.4 Å². The van der Waals surface area contributed by atoms with E-state index in [9.17, 15) is 4.79 Å². The second kappa shape index (κ2) is 10.8. The molecule has 38 heavy (non-hydrogen) atoms. The summed E-state index contributed by atoms with van der Waals surface area (Å²) < 4.78 is 6.74. The van der Waals surface area contributed by atoms with Gasteiger partial charge in [0.05, 0.1) is 24.4 Å². The number of benzene rings is 3. The van der Waals surface area contributed by atoms with Crippen molar-refractivity contribution in [2.75, 3.05) is 12.4 Å². The van der Waals surface area contributed by atoms with Gasteiger partial charge in [0.25, 0.3) is 5.56 Å². The molecule has 188 valence electrons. The first-order valence-corrected chi connectivity index (χ1v) is 12.0. The Balaban J connectivity index is 1.86. The van der Waals surface area contributed by atoms with E-state index in [4.69, 9.17) is 9.84 Å². The van der Waals surface area contributed by atoms with Crippen LogP contribution >= 0.6 is 0 Å². The largest absolute Gasteiger partial charge is 0.497 e. The number of nitrogens with one attached hydrogen (secondary N) is 2. The van der Waals surface area contributed by atoms with Gasteiger partial charge < -0.3 is 15.0 Å². The normalized spacial score (nSPS) is 11.7. The van der Waals surface area contributed by atoms with Crippen LogP contribution in [0.1, 0.15) is 6.92 Å². The molecule has 0 radical (unpaired) electrons. The molecule has 0 bridgehead atoms. The van der Waals surface area contributed by atoms with E-state index >= 15 is 0 Å². The molecule has 0 saturated carbocycles. The number of aromatic amines is 1. The summed E-state index contributed by atoms with van der Waals surface area (Å²) in [6.45, 7) is 5.34. The first-order chi connectivity index (χ1) is 18.6. The lowest BCUT2D eigenvalue weighted by Gasteiger charge is -2.13. The van der Waals surface area contributed by atoms with E-state index in [1.165, 1.54) is 10.7 Å². The summed E-state index contributed by atoms with van der Waals surface area (Å²) in [5, 5.41) is 8.06. The molecule has 8 nitrogen and oxygen atoms in total. The minimum absolute atomic E-state index is 0.294. The van der Waals surface area contributed by atoms with Gasteiger partial charge in [-0.2, -0.15) is 9.61 Å². The highest BCUT2D eigenvalue weighted by Crippen LogP contribution is 2.36. The molecule has 0 spiro atoms. The molecule has 2 N–H and O–H groups in total. The topological polar surface area (TPSA) is 96.1 Å². The zero-order valence-electron chi connectivity index (χ0n) is 21.1. The average molecular weight is 503 g/mol. The summed E-state index contributed by atoms with van der Waals surface area (Å²) in [7, 11) is 1.60.